The fraction of sp³-hybridized carbons (Fsp3) is 0.346. The molecular formula is C26H32N6O6S. The summed E-state index contributed by atoms with van der Waals surface area (Å²) < 4.78 is 29.1. The summed E-state index contributed by atoms with van der Waals surface area (Å²) >= 11 is 0. The number of nitrogens with zero attached hydrogens (tertiary/aromatic N) is 1. The predicted octanol–water partition coefficient (Wildman–Crippen LogP) is 2.22. The van der Waals surface area contributed by atoms with E-state index in [4.69, 9.17) is 4.84 Å². The zero-order valence-electron chi connectivity index (χ0n) is 21.2. The molecular weight excluding hydrogens is 524 g/mol. The van der Waals surface area contributed by atoms with E-state index in [-0.39, 0.29) is 24.2 Å². The average molecular weight is 557 g/mol. The van der Waals surface area contributed by atoms with Crippen LogP contribution < -0.4 is 20.8 Å². The first kappa shape index (κ1) is 28.2. The zero-order chi connectivity index (χ0) is 27.7. The Morgan fingerprint density at radius 1 is 1.08 bits per heavy atom. The molecule has 12 nitrogen and oxygen atoms in total. The van der Waals surface area contributed by atoms with Gasteiger partial charge in [-0.1, -0.05) is 42.5 Å². The smallest absolute Gasteiger partial charge is 0.345 e. The third-order valence-corrected chi connectivity index (χ3v) is 7.81. The van der Waals surface area contributed by atoms with Crippen LogP contribution in [0.25, 0.3) is 11.1 Å². The van der Waals surface area contributed by atoms with E-state index < -0.39 is 33.7 Å². The van der Waals surface area contributed by atoms with Crippen molar-refractivity contribution in [2.24, 2.45) is 0 Å². The van der Waals surface area contributed by atoms with Crippen LogP contribution in [0.2, 0.25) is 0 Å². The van der Waals surface area contributed by atoms with Crippen molar-refractivity contribution in [3.05, 3.63) is 67.0 Å². The Hall–Kier alpha value is -3.78. The number of hydroxylamine groups is 1. The van der Waals surface area contributed by atoms with Crippen molar-refractivity contribution in [1.82, 2.24) is 25.5 Å². The van der Waals surface area contributed by atoms with E-state index in [2.05, 4.69) is 30.8 Å². The summed E-state index contributed by atoms with van der Waals surface area (Å²) in [7, 11) is -4.33. The van der Waals surface area contributed by atoms with Gasteiger partial charge in [-0.05, 0) is 48.9 Å². The number of imidazole rings is 1. The molecule has 0 saturated carbocycles. The number of aliphatic carboxylic acids is 1. The van der Waals surface area contributed by atoms with E-state index in [0.29, 0.717) is 31.9 Å². The van der Waals surface area contributed by atoms with E-state index in [1.807, 2.05) is 30.3 Å². The molecule has 0 bridgehead atoms. The first-order valence-electron chi connectivity index (χ1n) is 12.6. The number of sulfonamides is 1. The van der Waals surface area contributed by atoms with Crippen molar-refractivity contribution < 1.29 is 28.0 Å². The number of carbonyl (C=O) groups excluding carboxylic acids is 1. The van der Waals surface area contributed by atoms with E-state index >= 15 is 0 Å². The van der Waals surface area contributed by atoms with E-state index in [1.165, 1.54) is 12.1 Å². The van der Waals surface area contributed by atoms with Gasteiger partial charge in [-0.25, -0.2) is 23.7 Å². The van der Waals surface area contributed by atoms with Crippen LogP contribution in [0.1, 0.15) is 32.1 Å². The highest BCUT2D eigenvalue weighted by molar-refractivity contribution is 7.89. The Bertz CT molecular complexity index is 1330. The van der Waals surface area contributed by atoms with E-state index in [9.17, 15) is 23.1 Å². The third kappa shape index (κ3) is 7.63. The summed E-state index contributed by atoms with van der Waals surface area (Å²) in [4.78, 5) is 37.5. The summed E-state index contributed by atoms with van der Waals surface area (Å²) in [6.07, 6.45) is 3.89. The number of aromatic amines is 1. The van der Waals surface area contributed by atoms with Gasteiger partial charge in [0.1, 0.15) is 0 Å². The summed E-state index contributed by atoms with van der Waals surface area (Å²) in [5.41, 5.74) is 2.14. The molecule has 1 aliphatic rings. The lowest BCUT2D eigenvalue weighted by Crippen LogP contribution is -2.65. The number of carbonyl (C=O) groups is 2. The molecule has 1 amide bonds. The number of hydrogen-bond acceptors (Lipinski definition) is 8. The molecule has 39 heavy (non-hydrogen) atoms. The van der Waals surface area contributed by atoms with Crippen molar-refractivity contribution in [3.63, 3.8) is 0 Å². The number of hydrogen-bond donors (Lipinski definition) is 6. The number of unbranched alkanes of at least 4 members (excludes halogenated alkanes) is 1. The van der Waals surface area contributed by atoms with Crippen molar-refractivity contribution in [2.75, 3.05) is 18.4 Å². The van der Waals surface area contributed by atoms with Gasteiger partial charge in [-0.2, -0.15) is 4.72 Å². The highest BCUT2D eigenvalue weighted by Gasteiger charge is 2.44. The first-order valence-corrected chi connectivity index (χ1v) is 14.1. The normalized spacial score (nSPS) is 16.9. The molecule has 2 unspecified atom stereocenters. The van der Waals surface area contributed by atoms with Crippen molar-refractivity contribution in [1.29, 1.82) is 0 Å². The van der Waals surface area contributed by atoms with Gasteiger partial charge < -0.3 is 20.7 Å². The molecule has 2 heterocycles. The van der Waals surface area contributed by atoms with Gasteiger partial charge in [0.2, 0.25) is 21.6 Å². The maximum Gasteiger partial charge on any atom is 0.345 e. The Morgan fingerprint density at radius 2 is 1.82 bits per heavy atom. The number of nitrogens with one attached hydrogen (secondary N) is 5. The fourth-order valence-electron chi connectivity index (χ4n) is 4.27. The molecule has 4 rings (SSSR count). The second-order valence-corrected chi connectivity index (χ2v) is 10.9. The molecule has 6 N–H and O–H groups in total. The van der Waals surface area contributed by atoms with Crippen LogP contribution in [0.4, 0.5) is 5.95 Å². The Balaban J connectivity index is 1.50. The monoisotopic (exact) mass is 556 g/mol. The van der Waals surface area contributed by atoms with E-state index in [0.717, 1.165) is 11.1 Å². The molecule has 0 aliphatic carbocycles. The van der Waals surface area contributed by atoms with Gasteiger partial charge in [0.05, 0.1) is 17.4 Å². The first-order chi connectivity index (χ1) is 18.8. The van der Waals surface area contributed by atoms with Crippen LogP contribution in [0.5, 0.6) is 0 Å². The molecule has 0 spiro atoms. The number of aromatic nitrogens is 2. The van der Waals surface area contributed by atoms with Crippen molar-refractivity contribution in [2.45, 2.75) is 48.8 Å². The van der Waals surface area contributed by atoms with Crippen LogP contribution in [-0.4, -0.2) is 60.2 Å². The van der Waals surface area contributed by atoms with E-state index in [1.54, 1.807) is 24.5 Å². The lowest BCUT2D eigenvalue weighted by molar-refractivity contribution is -0.149. The average Bonchev–Trinajstić information content (AvgIpc) is 3.63. The molecule has 0 radical (unpaired) electrons. The topological polar surface area (TPSA) is 175 Å². The highest BCUT2D eigenvalue weighted by atomic mass is 32.2. The molecule has 2 aromatic carbocycles. The van der Waals surface area contributed by atoms with Crippen LogP contribution in [0.3, 0.4) is 0 Å². The SMILES string of the molecule is O=C(CC1CCNO1)NC(CCCCNc1ncc[nH]1)(NS(=O)(=O)c1ccc(-c2ccccc2)cc1)C(=O)O. The third-order valence-electron chi connectivity index (χ3n) is 6.30. The quantitative estimate of drug-likeness (QED) is 0.128. The zero-order valence-corrected chi connectivity index (χ0v) is 22.0. The van der Waals surface area contributed by atoms with Crippen LogP contribution >= 0.6 is 0 Å². The number of anilines is 1. The summed E-state index contributed by atoms with van der Waals surface area (Å²) in [6.45, 7) is 1.03. The number of carboxylic acid groups (broad SMARTS) is 1. The lowest BCUT2D eigenvalue weighted by Gasteiger charge is -2.31. The Kier molecular flexibility index (Phi) is 9.30. The summed E-state index contributed by atoms with van der Waals surface area (Å²) in [5.74, 6) is -1.58. The number of H-pyrrole nitrogens is 1. The van der Waals surface area contributed by atoms with Gasteiger partial charge in [0.15, 0.2) is 5.95 Å². The molecule has 208 valence electrons. The summed E-state index contributed by atoms with van der Waals surface area (Å²) in [5, 5.41) is 15.7. The van der Waals surface area contributed by atoms with Crippen molar-refractivity contribution in [3.8, 4) is 11.1 Å². The Morgan fingerprint density at radius 3 is 2.46 bits per heavy atom. The largest absolute Gasteiger partial charge is 0.478 e. The fourth-order valence-corrected chi connectivity index (χ4v) is 5.58. The minimum atomic E-state index is -4.33. The number of carboxylic acids is 1. The molecule has 1 fully saturated rings. The minimum absolute atomic E-state index is 0.115. The summed E-state index contributed by atoms with van der Waals surface area (Å²) in [6, 6.07) is 15.5. The van der Waals surface area contributed by atoms with Crippen LogP contribution in [0.15, 0.2) is 71.9 Å². The highest BCUT2D eigenvalue weighted by Crippen LogP contribution is 2.23. The number of amides is 1. The minimum Gasteiger partial charge on any atom is -0.478 e. The van der Waals surface area contributed by atoms with Gasteiger partial charge in [-0.15, -0.1) is 0 Å². The number of benzene rings is 2. The van der Waals surface area contributed by atoms with Gasteiger partial charge in [0, 0.05) is 25.5 Å². The molecule has 1 aromatic heterocycles. The van der Waals surface area contributed by atoms with Crippen LogP contribution in [-0.2, 0) is 24.4 Å². The van der Waals surface area contributed by atoms with Crippen LogP contribution in [0, 0.1) is 0 Å². The lowest BCUT2D eigenvalue weighted by atomic mass is 10.0. The standard InChI is InChI=1S/C26H32N6O6S/c33-23(18-21-12-15-30-38-21)31-26(24(34)35,13-4-5-14-27-25-28-16-17-29-25)32-39(36,37)22-10-8-20(9-11-22)19-6-2-1-3-7-19/h1-3,6-11,16-17,21,30,32H,4-5,12-15,18H2,(H,31,33)(H,34,35)(H2,27,28,29). The van der Waals surface area contributed by atoms with Gasteiger partial charge in [0.25, 0.3) is 0 Å². The predicted molar refractivity (Wildman–Crippen MR) is 144 cm³/mol. The second-order valence-electron chi connectivity index (χ2n) is 9.20. The molecule has 1 aliphatic heterocycles. The number of rotatable bonds is 14. The maximum atomic E-state index is 13.4. The molecule has 3 aromatic rings. The second kappa shape index (κ2) is 12.8. The molecule has 2 atom stereocenters. The molecule has 1 saturated heterocycles. The Labute approximate surface area is 226 Å². The maximum absolute atomic E-state index is 13.4. The van der Waals surface area contributed by atoms with Crippen molar-refractivity contribution >= 4 is 27.8 Å². The van der Waals surface area contributed by atoms with Gasteiger partial charge in [-0.3, -0.25) is 9.63 Å². The van der Waals surface area contributed by atoms with Gasteiger partial charge >= 0.3 is 5.97 Å². The molecule has 13 heteroatoms.